The van der Waals surface area contributed by atoms with Gasteiger partial charge in [-0.2, -0.15) is 11.8 Å². The number of thioether (sulfide) groups is 1. The highest BCUT2D eigenvalue weighted by atomic mass is 32.2. The summed E-state index contributed by atoms with van der Waals surface area (Å²) in [7, 11) is 4.55. The summed E-state index contributed by atoms with van der Waals surface area (Å²) in [5, 5.41) is 0. The fraction of sp³-hybridized carbons (Fsp3) is 0.630. The van der Waals surface area contributed by atoms with Gasteiger partial charge in [0.1, 0.15) is 0 Å². The first kappa shape index (κ1) is 30.0. The molecule has 202 valence electrons. The van der Waals surface area contributed by atoms with Gasteiger partial charge in [0.15, 0.2) is 17.8 Å². The van der Waals surface area contributed by atoms with Gasteiger partial charge in [0.05, 0.1) is 32.7 Å². The van der Waals surface area contributed by atoms with Crippen molar-refractivity contribution in [1.82, 2.24) is 4.90 Å². The van der Waals surface area contributed by atoms with E-state index in [9.17, 15) is 9.59 Å². The molecule has 1 aliphatic rings. The van der Waals surface area contributed by atoms with Crippen LogP contribution < -0.4 is 9.47 Å². The molecule has 1 unspecified atom stereocenters. The van der Waals surface area contributed by atoms with Crippen LogP contribution in [0.25, 0.3) is 0 Å². The van der Waals surface area contributed by atoms with Crippen molar-refractivity contribution in [2.24, 2.45) is 0 Å². The Labute approximate surface area is 219 Å². The summed E-state index contributed by atoms with van der Waals surface area (Å²) in [6.07, 6.45) is 7.33. The number of unbranched alkanes of at least 4 members (excludes halogenated alkanes) is 1. The van der Waals surface area contributed by atoms with Crippen molar-refractivity contribution < 1.29 is 33.3 Å². The largest absolute Gasteiger partial charge is 0.493 e. The number of methoxy groups -OCH3 is 3. The van der Waals surface area contributed by atoms with Crippen LogP contribution in [0.15, 0.2) is 30.0 Å². The number of nitrogens with zero attached hydrogens (tertiary/aromatic N) is 1. The van der Waals surface area contributed by atoms with Crippen molar-refractivity contribution in [3.05, 3.63) is 35.5 Å². The Morgan fingerprint density at radius 3 is 2.61 bits per heavy atom. The summed E-state index contributed by atoms with van der Waals surface area (Å²) < 4.78 is 27.1. The number of carbonyl (C=O) groups is 2. The second kappa shape index (κ2) is 17.3. The highest BCUT2D eigenvalue weighted by Gasteiger charge is 2.18. The normalized spacial score (nSPS) is 15.9. The number of benzene rings is 1. The molecule has 0 saturated carbocycles. The molecular weight excluding hydrogens is 482 g/mol. The Kier molecular flexibility index (Phi) is 14.4. The summed E-state index contributed by atoms with van der Waals surface area (Å²) in [4.78, 5) is 27.1. The highest BCUT2D eigenvalue weighted by Crippen LogP contribution is 2.28. The molecule has 9 heteroatoms. The molecule has 0 aromatic heterocycles. The highest BCUT2D eigenvalue weighted by molar-refractivity contribution is 7.99. The summed E-state index contributed by atoms with van der Waals surface area (Å²) >= 11 is 1.55. The molecule has 0 aliphatic carbocycles. The number of ether oxygens (including phenoxy) is 5. The molecule has 1 saturated heterocycles. The standard InChI is InChI=1S/C27H41NO7S/c1-5-36-20-25(29)28(15-14-21-12-13-23(31-2)24(18-21)32-3)19-22(27(30)33-4)10-6-8-16-34-26-11-7-9-17-35-26/h12-13,18-19,26H,5-11,14-17,20H2,1-4H3/b22-19+. The number of hydrogen-bond donors (Lipinski definition) is 0. The van der Waals surface area contributed by atoms with Crippen LogP contribution in [0.5, 0.6) is 11.5 Å². The first-order valence-electron chi connectivity index (χ1n) is 12.6. The molecule has 0 bridgehead atoms. The molecule has 36 heavy (non-hydrogen) atoms. The molecule has 1 aromatic carbocycles. The predicted molar refractivity (Wildman–Crippen MR) is 141 cm³/mol. The SMILES string of the molecule is CCSCC(=O)N(/C=C(\CCCCOC1CCCCO1)C(=O)OC)CCc1ccc(OC)c(OC)c1. The molecule has 0 radical (unpaired) electrons. The third-order valence-electron chi connectivity index (χ3n) is 5.88. The Hall–Kier alpha value is -2.23. The van der Waals surface area contributed by atoms with Crippen molar-refractivity contribution in [3.63, 3.8) is 0 Å². The minimum atomic E-state index is -0.418. The summed E-state index contributed by atoms with van der Waals surface area (Å²) in [5.74, 6) is 2.03. The van der Waals surface area contributed by atoms with Gasteiger partial charge in [0.2, 0.25) is 5.91 Å². The summed E-state index contributed by atoms with van der Waals surface area (Å²) in [6, 6.07) is 5.71. The molecule has 0 spiro atoms. The second-order valence-corrected chi connectivity index (χ2v) is 9.71. The van der Waals surface area contributed by atoms with Crippen LogP contribution in [0.1, 0.15) is 51.0 Å². The summed E-state index contributed by atoms with van der Waals surface area (Å²) in [6.45, 7) is 3.78. The lowest BCUT2D eigenvalue weighted by Crippen LogP contribution is -2.31. The minimum Gasteiger partial charge on any atom is -0.493 e. The second-order valence-electron chi connectivity index (χ2n) is 8.43. The lowest BCUT2D eigenvalue weighted by molar-refractivity contribution is -0.162. The zero-order chi connectivity index (χ0) is 26.2. The maximum Gasteiger partial charge on any atom is 0.335 e. The van der Waals surface area contributed by atoms with Crippen molar-refractivity contribution in [3.8, 4) is 11.5 Å². The fourth-order valence-corrected chi connectivity index (χ4v) is 4.38. The van der Waals surface area contributed by atoms with E-state index >= 15 is 0 Å². The Morgan fingerprint density at radius 2 is 1.94 bits per heavy atom. The van der Waals surface area contributed by atoms with Crippen molar-refractivity contribution in [1.29, 1.82) is 0 Å². The van der Waals surface area contributed by atoms with Crippen LogP contribution in [-0.2, 0) is 30.2 Å². The summed E-state index contributed by atoms with van der Waals surface area (Å²) in [5.41, 5.74) is 1.48. The van der Waals surface area contributed by atoms with Gasteiger partial charge in [-0.1, -0.05) is 13.0 Å². The van der Waals surface area contributed by atoms with E-state index in [0.717, 1.165) is 50.0 Å². The van der Waals surface area contributed by atoms with Crippen LogP contribution >= 0.6 is 11.8 Å². The van der Waals surface area contributed by atoms with Gasteiger partial charge in [-0.15, -0.1) is 0 Å². The van der Waals surface area contributed by atoms with Gasteiger partial charge in [0, 0.05) is 26.0 Å². The molecule has 0 N–H and O–H groups in total. The van der Waals surface area contributed by atoms with Gasteiger partial charge in [-0.3, -0.25) is 4.79 Å². The quantitative estimate of drug-likeness (QED) is 0.177. The number of carbonyl (C=O) groups excluding carboxylic acids is 2. The zero-order valence-corrected chi connectivity index (χ0v) is 22.9. The molecule has 2 rings (SSSR count). The van der Waals surface area contributed by atoms with Crippen LogP contribution in [0.4, 0.5) is 0 Å². The van der Waals surface area contributed by atoms with Crippen LogP contribution in [0.2, 0.25) is 0 Å². The van der Waals surface area contributed by atoms with E-state index in [0.29, 0.717) is 48.8 Å². The topological polar surface area (TPSA) is 83.5 Å². The first-order chi connectivity index (χ1) is 17.5. The third kappa shape index (κ3) is 10.4. The molecule has 1 fully saturated rings. The smallest absolute Gasteiger partial charge is 0.335 e. The lowest BCUT2D eigenvalue weighted by Gasteiger charge is -2.22. The maximum atomic E-state index is 13.0. The maximum absolute atomic E-state index is 13.0. The average Bonchev–Trinajstić information content (AvgIpc) is 2.92. The minimum absolute atomic E-state index is 0.0403. The van der Waals surface area contributed by atoms with Gasteiger partial charge < -0.3 is 28.6 Å². The average molecular weight is 524 g/mol. The van der Waals surface area contributed by atoms with E-state index in [-0.39, 0.29) is 12.2 Å². The molecular formula is C27H41NO7S. The first-order valence-corrected chi connectivity index (χ1v) is 13.8. The van der Waals surface area contributed by atoms with E-state index in [1.165, 1.54) is 7.11 Å². The van der Waals surface area contributed by atoms with Crippen LogP contribution in [0, 0.1) is 0 Å². The van der Waals surface area contributed by atoms with Crippen molar-refractivity contribution >= 4 is 23.6 Å². The monoisotopic (exact) mass is 523 g/mol. The molecule has 1 aromatic rings. The van der Waals surface area contributed by atoms with Gasteiger partial charge in [-0.25, -0.2) is 4.79 Å². The Balaban J connectivity index is 2.03. The molecule has 1 atom stereocenters. The third-order valence-corrected chi connectivity index (χ3v) is 6.74. The number of hydrogen-bond acceptors (Lipinski definition) is 8. The van der Waals surface area contributed by atoms with E-state index in [1.54, 1.807) is 37.1 Å². The van der Waals surface area contributed by atoms with E-state index in [4.69, 9.17) is 23.7 Å². The van der Waals surface area contributed by atoms with Crippen molar-refractivity contribution in [2.45, 2.75) is 58.2 Å². The van der Waals surface area contributed by atoms with Crippen molar-refractivity contribution in [2.75, 3.05) is 52.6 Å². The van der Waals surface area contributed by atoms with Crippen LogP contribution in [-0.4, -0.2) is 75.7 Å². The molecule has 1 amide bonds. The van der Waals surface area contributed by atoms with E-state index in [1.807, 2.05) is 25.1 Å². The predicted octanol–water partition coefficient (Wildman–Crippen LogP) is 4.60. The molecule has 8 nitrogen and oxygen atoms in total. The van der Waals surface area contributed by atoms with Gasteiger partial charge >= 0.3 is 5.97 Å². The molecule has 1 aliphatic heterocycles. The lowest BCUT2D eigenvalue weighted by atomic mass is 10.1. The number of esters is 1. The zero-order valence-electron chi connectivity index (χ0n) is 22.1. The van der Waals surface area contributed by atoms with Gasteiger partial charge in [-0.05, 0) is 68.4 Å². The van der Waals surface area contributed by atoms with Gasteiger partial charge in [0.25, 0.3) is 0 Å². The Morgan fingerprint density at radius 1 is 1.14 bits per heavy atom. The van der Waals surface area contributed by atoms with E-state index in [2.05, 4.69) is 0 Å². The van der Waals surface area contributed by atoms with E-state index < -0.39 is 5.97 Å². The fourth-order valence-electron chi connectivity index (χ4n) is 3.83. The van der Waals surface area contributed by atoms with Crippen LogP contribution in [0.3, 0.4) is 0 Å². The number of rotatable bonds is 16. The molecule has 1 heterocycles. The number of amides is 1. The Bertz CT molecular complexity index is 839.